The van der Waals surface area contributed by atoms with Crippen LogP contribution in [0.1, 0.15) is 90.4 Å². The molecule has 0 aromatic heterocycles. The molecule has 1 saturated carbocycles. The molecule has 0 bridgehead atoms. The van der Waals surface area contributed by atoms with Crippen LogP contribution in [0, 0.1) is 11.8 Å². The second kappa shape index (κ2) is 12.3. The summed E-state index contributed by atoms with van der Waals surface area (Å²) in [5.74, 6) is 0.123. The molecule has 1 fully saturated rings. The van der Waals surface area contributed by atoms with Gasteiger partial charge in [-0.25, -0.2) is 0 Å². The SMILES string of the molecule is CCCCCCCC(C1CCCCCCC1)C(OC)(OC)OC. The van der Waals surface area contributed by atoms with Gasteiger partial charge in [-0.3, -0.25) is 0 Å². The van der Waals surface area contributed by atoms with Gasteiger partial charge in [0, 0.05) is 27.2 Å². The van der Waals surface area contributed by atoms with E-state index in [1.807, 2.05) is 0 Å². The normalized spacial score (nSPS) is 19.3. The molecule has 23 heavy (non-hydrogen) atoms. The van der Waals surface area contributed by atoms with E-state index in [1.54, 1.807) is 21.3 Å². The molecule has 0 N–H and O–H groups in total. The lowest BCUT2D eigenvalue weighted by molar-refractivity contribution is -0.386. The summed E-state index contributed by atoms with van der Waals surface area (Å²) in [6.07, 6.45) is 17.1. The quantitative estimate of drug-likeness (QED) is 0.348. The lowest BCUT2D eigenvalue weighted by Crippen LogP contribution is -2.47. The highest BCUT2D eigenvalue weighted by Crippen LogP contribution is 2.40. The minimum Gasteiger partial charge on any atom is -0.331 e. The highest BCUT2D eigenvalue weighted by atomic mass is 16.9. The monoisotopic (exact) mass is 328 g/mol. The molecule has 0 spiro atoms. The van der Waals surface area contributed by atoms with Crippen LogP contribution in [0.25, 0.3) is 0 Å². The number of hydrogen-bond donors (Lipinski definition) is 0. The largest absolute Gasteiger partial charge is 0.331 e. The van der Waals surface area contributed by atoms with Crippen LogP contribution in [0.2, 0.25) is 0 Å². The van der Waals surface area contributed by atoms with Crippen LogP contribution in [0.5, 0.6) is 0 Å². The Hall–Kier alpha value is -0.120. The summed E-state index contributed by atoms with van der Waals surface area (Å²) in [6, 6.07) is 0. The zero-order valence-corrected chi connectivity index (χ0v) is 16.1. The summed E-state index contributed by atoms with van der Waals surface area (Å²) < 4.78 is 17.3. The molecule has 1 aliphatic rings. The second-order valence-corrected chi connectivity index (χ2v) is 7.13. The van der Waals surface area contributed by atoms with E-state index in [9.17, 15) is 0 Å². The van der Waals surface area contributed by atoms with Gasteiger partial charge < -0.3 is 14.2 Å². The smallest absolute Gasteiger partial charge is 0.285 e. The molecule has 0 aliphatic heterocycles. The third-order valence-electron chi connectivity index (χ3n) is 5.65. The average molecular weight is 329 g/mol. The van der Waals surface area contributed by atoms with Crippen molar-refractivity contribution >= 4 is 0 Å². The topological polar surface area (TPSA) is 27.7 Å². The van der Waals surface area contributed by atoms with Gasteiger partial charge in [-0.05, 0) is 25.2 Å². The van der Waals surface area contributed by atoms with Crippen LogP contribution in [0.15, 0.2) is 0 Å². The van der Waals surface area contributed by atoms with Gasteiger partial charge in [0.1, 0.15) is 0 Å². The van der Waals surface area contributed by atoms with E-state index in [2.05, 4.69) is 6.92 Å². The number of methoxy groups -OCH3 is 3. The van der Waals surface area contributed by atoms with Crippen molar-refractivity contribution < 1.29 is 14.2 Å². The molecule has 0 amide bonds. The van der Waals surface area contributed by atoms with Gasteiger partial charge in [-0.2, -0.15) is 0 Å². The van der Waals surface area contributed by atoms with E-state index in [0.717, 1.165) is 6.42 Å². The van der Waals surface area contributed by atoms with Gasteiger partial charge in [-0.1, -0.05) is 71.1 Å². The van der Waals surface area contributed by atoms with Crippen molar-refractivity contribution in [3.63, 3.8) is 0 Å². The van der Waals surface area contributed by atoms with Gasteiger partial charge in [0.15, 0.2) is 0 Å². The average Bonchev–Trinajstić information content (AvgIpc) is 2.55. The maximum Gasteiger partial charge on any atom is 0.285 e. The Morgan fingerprint density at radius 1 is 0.783 bits per heavy atom. The molecule has 0 saturated heterocycles. The third kappa shape index (κ3) is 6.72. The van der Waals surface area contributed by atoms with E-state index < -0.39 is 5.97 Å². The van der Waals surface area contributed by atoms with Crippen LogP contribution in [-0.4, -0.2) is 27.3 Å². The van der Waals surface area contributed by atoms with Crippen molar-refractivity contribution in [1.29, 1.82) is 0 Å². The van der Waals surface area contributed by atoms with Gasteiger partial charge >= 0.3 is 0 Å². The molecule has 1 rings (SSSR count). The van der Waals surface area contributed by atoms with Gasteiger partial charge in [-0.15, -0.1) is 0 Å². The van der Waals surface area contributed by atoms with Crippen molar-refractivity contribution in [2.75, 3.05) is 21.3 Å². The molecule has 1 aliphatic carbocycles. The highest BCUT2D eigenvalue weighted by molar-refractivity contribution is 4.80. The molecule has 0 radical (unpaired) electrons. The zero-order chi connectivity index (χ0) is 17.0. The fourth-order valence-electron chi connectivity index (χ4n) is 4.26. The lowest BCUT2D eigenvalue weighted by Gasteiger charge is -2.41. The van der Waals surface area contributed by atoms with Gasteiger partial charge in [0.05, 0.1) is 0 Å². The first-order valence-corrected chi connectivity index (χ1v) is 9.89. The molecule has 0 aromatic carbocycles. The van der Waals surface area contributed by atoms with E-state index in [0.29, 0.717) is 11.8 Å². The Balaban J connectivity index is 2.72. The highest BCUT2D eigenvalue weighted by Gasteiger charge is 2.43. The summed E-state index contributed by atoms with van der Waals surface area (Å²) in [5.41, 5.74) is 0. The van der Waals surface area contributed by atoms with Crippen LogP contribution < -0.4 is 0 Å². The van der Waals surface area contributed by atoms with E-state index in [4.69, 9.17) is 14.2 Å². The first-order chi connectivity index (χ1) is 11.2. The Labute approximate surface area is 144 Å². The molecular weight excluding hydrogens is 288 g/mol. The van der Waals surface area contributed by atoms with Crippen LogP contribution >= 0.6 is 0 Å². The van der Waals surface area contributed by atoms with Crippen molar-refractivity contribution in [3.8, 4) is 0 Å². The summed E-state index contributed by atoms with van der Waals surface area (Å²) in [7, 11) is 5.17. The van der Waals surface area contributed by atoms with Crippen molar-refractivity contribution in [1.82, 2.24) is 0 Å². The molecule has 3 heteroatoms. The Morgan fingerprint density at radius 3 is 1.83 bits per heavy atom. The summed E-state index contributed by atoms with van der Waals surface area (Å²) >= 11 is 0. The van der Waals surface area contributed by atoms with E-state index >= 15 is 0 Å². The van der Waals surface area contributed by atoms with Gasteiger partial charge in [0.2, 0.25) is 0 Å². The molecule has 1 atom stereocenters. The van der Waals surface area contributed by atoms with Crippen LogP contribution in [0.3, 0.4) is 0 Å². The van der Waals surface area contributed by atoms with Crippen molar-refractivity contribution in [2.45, 2.75) is 96.4 Å². The molecule has 0 aromatic rings. The molecular formula is C20H40O3. The summed E-state index contributed by atoms with van der Waals surface area (Å²) in [4.78, 5) is 0. The first-order valence-electron chi connectivity index (χ1n) is 9.89. The predicted octanol–water partition coefficient (Wildman–Crippen LogP) is 5.92. The van der Waals surface area contributed by atoms with Crippen LogP contribution in [-0.2, 0) is 14.2 Å². The fourth-order valence-corrected chi connectivity index (χ4v) is 4.26. The standard InChI is InChI=1S/C20H40O3/c1-5-6-7-9-14-17-19(20(21-2,22-3)23-4)18-15-12-10-8-11-13-16-18/h18-19H,5-17H2,1-4H3. The first kappa shape index (κ1) is 20.9. The number of unbranched alkanes of at least 4 members (excludes halogenated alkanes) is 4. The minimum atomic E-state index is -0.866. The summed E-state index contributed by atoms with van der Waals surface area (Å²) in [6.45, 7) is 2.27. The van der Waals surface area contributed by atoms with E-state index in [1.165, 1.54) is 77.0 Å². The van der Waals surface area contributed by atoms with Gasteiger partial charge in [0.25, 0.3) is 5.97 Å². The predicted molar refractivity (Wildman–Crippen MR) is 96.4 cm³/mol. The fraction of sp³-hybridized carbons (Fsp3) is 1.00. The molecule has 0 heterocycles. The number of hydrogen-bond acceptors (Lipinski definition) is 3. The van der Waals surface area contributed by atoms with Crippen molar-refractivity contribution in [2.24, 2.45) is 11.8 Å². The Kier molecular flexibility index (Phi) is 11.2. The minimum absolute atomic E-state index is 0.335. The van der Waals surface area contributed by atoms with Crippen molar-refractivity contribution in [3.05, 3.63) is 0 Å². The maximum atomic E-state index is 5.76. The zero-order valence-electron chi connectivity index (χ0n) is 16.1. The van der Waals surface area contributed by atoms with Crippen LogP contribution in [0.4, 0.5) is 0 Å². The Bertz CT molecular complexity index is 260. The number of ether oxygens (including phenoxy) is 3. The number of rotatable bonds is 11. The molecule has 138 valence electrons. The Morgan fingerprint density at radius 2 is 1.30 bits per heavy atom. The summed E-state index contributed by atoms with van der Waals surface area (Å²) in [5, 5.41) is 0. The van der Waals surface area contributed by atoms with E-state index in [-0.39, 0.29) is 0 Å². The maximum absolute atomic E-state index is 5.76. The molecule has 1 unspecified atom stereocenters. The lowest BCUT2D eigenvalue weighted by atomic mass is 9.77. The molecule has 3 nitrogen and oxygen atoms in total. The second-order valence-electron chi connectivity index (χ2n) is 7.13. The third-order valence-corrected chi connectivity index (χ3v) is 5.65.